The van der Waals surface area contributed by atoms with Crippen LogP contribution in [0.2, 0.25) is 0 Å². The van der Waals surface area contributed by atoms with Crippen molar-refractivity contribution in [3.8, 4) is 0 Å². The number of carbonyl (C=O) groups is 1. The second-order valence-electron chi connectivity index (χ2n) is 6.51. The molecule has 2 heterocycles. The fourth-order valence-corrected chi connectivity index (χ4v) is 3.90. The van der Waals surface area contributed by atoms with Gasteiger partial charge in [0.1, 0.15) is 10.8 Å². The molecular weight excluding hydrogens is 389 g/mol. The van der Waals surface area contributed by atoms with E-state index in [4.69, 9.17) is 4.74 Å². The minimum Gasteiger partial charge on any atom is -0.376 e. The summed E-state index contributed by atoms with van der Waals surface area (Å²) >= 11 is 1.10. The minimum atomic E-state index is -3.09. The van der Waals surface area contributed by atoms with Gasteiger partial charge in [0.25, 0.3) is 11.8 Å². The molecule has 4 nitrogen and oxygen atoms in total. The number of benzene rings is 1. The average Bonchev–Trinajstić information content (AvgIpc) is 3.20. The number of alkyl halides is 2. The number of nitrogens with one attached hydrogen (secondary N) is 1. The first-order valence-corrected chi connectivity index (χ1v) is 10.1. The monoisotopic (exact) mass is 410 g/mol. The van der Waals surface area contributed by atoms with Gasteiger partial charge in [-0.2, -0.15) is 0 Å². The number of halogens is 3. The molecule has 1 aromatic carbocycles. The van der Waals surface area contributed by atoms with E-state index in [-0.39, 0.29) is 23.3 Å². The Balaban J connectivity index is 1.56. The molecule has 1 unspecified atom stereocenters. The van der Waals surface area contributed by atoms with Gasteiger partial charge in [0, 0.05) is 37.1 Å². The third kappa shape index (κ3) is 5.48. The lowest BCUT2D eigenvalue weighted by atomic mass is 10.1. The molecule has 0 saturated carbocycles. The molecule has 0 aliphatic carbocycles. The Bertz CT molecular complexity index is 796. The van der Waals surface area contributed by atoms with Crippen molar-refractivity contribution >= 4 is 17.7 Å². The van der Waals surface area contributed by atoms with E-state index in [2.05, 4.69) is 10.3 Å². The number of nitrogens with zero attached hydrogens (tertiary/aromatic N) is 1. The summed E-state index contributed by atoms with van der Waals surface area (Å²) in [6, 6.07) is 7.48. The van der Waals surface area contributed by atoms with E-state index >= 15 is 0 Å². The van der Waals surface area contributed by atoms with Crippen LogP contribution in [0.3, 0.4) is 0 Å². The van der Waals surface area contributed by atoms with E-state index in [1.54, 1.807) is 12.1 Å². The largest absolute Gasteiger partial charge is 0.376 e. The Kier molecular flexibility index (Phi) is 6.96. The predicted molar refractivity (Wildman–Crippen MR) is 101 cm³/mol. The molecule has 0 bridgehead atoms. The zero-order chi connectivity index (χ0) is 20.0. The number of aromatic nitrogens is 1. The van der Waals surface area contributed by atoms with Crippen molar-refractivity contribution in [3.05, 3.63) is 59.5 Å². The maximum Gasteiger partial charge on any atom is 0.274 e. The molecule has 1 aromatic heterocycles. The number of ether oxygens (including phenoxy) is 1. The van der Waals surface area contributed by atoms with Crippen LogP contribution in [0.4, 0.5) is 13.2 Å². The van der Waals surface area contributed by atoms with E-state index in [1.165, 1.54) is 6.20 Å². The molecule has 150 valence electrons. The molecular formula is C20H21F3N2O2S. The highest BCUT2D eigenvalue weighted by Gasteiger charge is 2.31. The molecule has 1 aliphatic heterocycles. The molecule has 3 rings (SSSR count). The first-order chi connectivity index (χ1) is 13.5. The second kappa shape index (κ2) is 9.43. The normalized spacial score (nSPS) is 16.9. The number of hydrogen-bond acceptors (Lipinski definition) is 4. The van der Waals surface area contributed by atoms with Crippen LogP contribution in [0.5, 0.6) is 0 Å². The molecule has 1 N–H and O–H groups in total. The molecule has 8 heteroatoms. The Morgan fingerprint density at radius 1 is 1.29 bits per heavy atom. The summed E-state index contributed by atoms with van der Waals surface area (Å²) in [5, 5.41) is 3.22. The molecule has 0 spiro atoms. The Morgan fingerprint density at radius 3 is 2.79 bits per heavy atom. The highest BCUT2D eigenvalue weighted by atomic mass is 32.2. The van der Waals surface area contributed by atoms with Crippen molar-refractivity contribution in [2.24, 2.45) is 0 Å². The van der Waals surface area contributed by atoms with Crippen molar-refractivity contribution < 1.29 is 22.7 Å². The molecule has 1 saturated heterocycles. The first-order valence-electron chi connectivity index (χ1n) is 9.07. The maximum absolute atomic E-state index is 14.3. The van der Waals surface area contributed by atoms with Gasteiger partial charge in [-0.25, -0.2) is 18.2 Å². The number of thioether (sulfide) groups is 1. The van der Waals surface area contributed by atoms with E-state index in [0.717, 1.165) is 48.9 Å². The smallest absolute Gasteiger partial charge is 0.274 e. The Morgan fingerprint density at radius 2 is 2.07 bits per heavy atom. The van der Waals surface area contributed by atoms with E-state index in [0.29, 0.717) is 23.7 Å². The fraction of sp³-hybridized carbons (Fsp3) is 0.400. The van der Waals surface area contributed by atoms with Gasteiger partial charge in [-0.3, -0.25) is 4.79 Å². The van der Waals surface area contributed by atoms with E-state index in [9.17, 15) is 18.0 Å². The van der Waals surface area contributed by atoms with Crippen LogP contribution in [-0.2, 0) is 10.7 Å². The zero-order valence-electron chi connectivity index (χ0n) is 15.2. The highest BCUT2D eigenvalue weighted by molar-refractivity contribution is 7.99. The van der Waals surface area contributed by atoms with Crippen LogP contribution in [0.1, 0.15) is 35.2 Å². The lowest BCUT2D eigenvalue weighted by molar-refractivity contribution is -0.00707. The first kappa shape index (κ1) is 20.7. The van der Waals surface area contributed by atoms with Crippen LogP contribution in [0.15, 0.2) is 47.6 Å². The zero-order valence-corrected chi connectivity index (χ0v) is 16.0. The van der Waals surface area contributed by atoms with Crippen molar-refractivity contribution in [1.82, 2.24) is 10.3 Å². The number of rotatable bonds is 8. The molecule has 0 radical (unpaired) electrons. The number of carbonyl (C=O) groups excluding carboxylic acids is 1. The maximum atomic E-state index is 14.3. The van der Waals surface area contributed by atoms with Crippen molar-refractivity contribution in [3.63, 3.8) is 0 Å². The minimum absolute atomic E-state index is 0.0196. The standard InChI is InChI=1S/C20H21F3N2O2S/c21-15-7-5-14(6-8-15)20(22,23)9-12-28-19-17(4-1-10-24-19)18(26)25-13-16-3-2-11-27-16/h1,4-8,10,16H,2-3,9,11-13H2,(H,25,26). The third-order valence-electron chi connectivity index (χ3n) is 4.45. The topological polar surface area (TPSA) is 51.2 Å². The molecule has 1 atom stereocenters. The summed E-state index contributed by atoms with van der Waals surface area (Å²) in [6.07, 6.45) is 2.99. The molecule has 1 fully saturated rings. The molecule has 1 amide bonds. The molecule has 1 aliphatic rings. The fourth-order valence-electron chi connectivity index (χ4n) is 2.90. The molecule has 28 heavy (non-hydrogen) atoms. The second-order valence-corrected chi connectivity index (χ2v) is 7.59. The predicted octanol–water partition coefficient (Wildman–Crippen LogP) is 4.40. The average molecular weight is 410 g/mol. The summed E-state index contributed by atoms with van der Waals surface area (Å²) in [4.78, 5) is 16.6. The van der Waals surface area contributed by atoms with Crippen LogP contribution >= 0.6 is 11.8 Å². The summed E-state index contributed by atoms with van der Waals surface area (Å²) in [5.74, 6) is -3.87. The summed E-state index contributed by atoms with van der Waals surface area (Å²) in [7, 11) is 0. The van der Waals surface area contributed by atoms with Crippen LogP contribution < -0.4 is 5.32 Å². The lowest BCUT2D eigenvalue weighted by Gasteiger charge is -2.17. The van der Waals surface area contributed by atoms with Crippen LogP contribution in [0.25, 0.3) is 0 Å². The Labute approximate surface area is 165 Å². The number of pyridine rings is 1. The van der Waals surface area contributed by atoms with Crippen LogP contribution in [-0.4, -0.2) is 35.9 Å². The highest BCUT2D eigenvalue weighted by Crippen LogP contribution is 2.34. The summed E-state index contributed by atoms with van der Waals surface area (Å²) < 4.78 is 47.0. The van der Waals surface area contributed by atoms with Gasteiger partial charge in [0.05, 0.1) is 11.7 Å². The lowest BCUT2D eigenvalue weighted by Crippen LogP contribution is -2.32. The number of hydrogen-bond donors (Lipinski definition) is 1. The van der Waals surface area contributed by atoms with Gasteiger partial charge < -0.3 is 10.1 Å². The van der Waals surface area contributed by atoms with Gasteiger partial charge >= 0.3 is 0 Å². The number of amides is 1. The van der Waals surface area contributed by atoms with E-state index in [1.807, 2.05) is 0 Å². The quantitative estimate of drug-likeness (QED) is 0.656. The van der Waals surface area contributed by atoms with Gasteiger partial charge in [0.2, 0.25) is 0 Å². The third-order valence-corrected chi connectivity index (χ3v) is 5.46. The van der Waals surface area contributed by atoms with Crippen molar-refractivity contribution in [2.75, 3.05) is 18.9 Å². The van der Waals surface area contributed by atoms with Gasteiger partial charge in [-0.15, -0.1) is 11.8 Å². The van der Waals surface area contributed by atoms with Crippen molar-refractivity contribution in [1.29, 1.82) is 0 Å². The summed E-state index contributed by atoms with van der Waals surface area (Å²) in [5.41, 5.74) is 0.126. The van der Waals surface area contributed by atoms with Gasteiger partial charge in [-0.1, -0.05) is 12.1 Å². The SMILES string of the molecule is O=C(NCC1CCCO1)c1cccnc1SCCC(F)(F)c1ccc(F)cc1. The van der Waals surface area contributed by atoms with Crippen molar-refractivity contribution in [2.45, 2.75) is 36.3 Å². The molecule has 2 aromatic rings. The van der Waals surface area contributed by atoms with Crippen LogP contribution in [0, 0.1) is 5.82 Å². The Hall–Kier alpha value is -2.06. The summed E-state index contributed by atoms with van der Waals surface area (Å²) in [6.45, 7) is 1.12. The van der Waals surface area contributed by atoms with Gasteiger partial charge in [0.15, 0.2) is 0 Å². The van der Waals surface area contributed by atoms with Gasteiger partial charge in [-0.05, 0) is 37.1 Å². The van der Waals surface area contributed by atoms with E-state index < -0.39 is 18.2 Å².